The van der Waals surface area contributed by atoms with Gasteiger partial charge in [0.05, 0.1) is 0 Å². The Labute approximate surface area is 95.4 Å². The van der Waals surface area contributed by atoms with Crippen LogP contribution >= 0.6 is 0 Å². The van der Waals surface area contributed by atoms with E-state index >= 15 is 0 Å². The minimum atomic E-state index is 0.111. The SMILES string of the molecule is CC(C)CCC(C)(CN)NCCN(C)C. The second-order valence-electron chi connectivity index (χ2n) is 5.43. The minimum absolute atomic E-state index is 0.111. The van der Waals surface area contributed by atoms with Crippen molar-refractivity contribution in [3.05, 3.63) is 0 Å². The molecule has 0 saturated heterocycles. The van der Waals surface area contributed by atoms with Crippen LogP contribution in [0.5, 0.6) is 0 Å². The first-order chi connectivity index (χ1) is 6.89. The largest absolute Gasteiger partial charge is 0.329 e. The van der Waals surface area contributed by atoms with Gasteiger partial charge < -0.3 is 16.0 Å². The Morgan fingerprint density at radius 2 is 1.93 bits per heavy atom. The summed E-state index contributed by atoms with van der Waals surface area (Å²) in [5, 5.41) is 3.57. The number of nitrogens with two attached hydrogens (primary N) is 1. The molecule has 1 atom stereocenters. The Bertz CT molecular complexity index is 157. The summed E-state index contributed by atoms with van der Waals surface area (Å²) >= 11 is 0. The van der Waals surface area contributed by atoms with Crippen LogP contribution < -0.4 is 11.1 Å². The van der Waals surface area contributed by atoms with E-state index < -0.39 is 0 Å². The van der Waals surface area contributed by atoms with Gasteiger partial charge in [-0.3, -0.25) is 0 Å². The molecule has 92 valence electrons. The summed E-state index contributed by atoms with van der Waals surface area (Å²) in [5.41, 5.74) is 5.95. The van der Waals surface area contributed by atoms with E-state index in [1.54, 1.807) is 0 Å². The fourth-order valence-corrected chi connectivity index (χ4v) is 1.45. The van der Waals surface area contributed by atoms with Crippen LogP contribution in [-0.2, 0) is 0 Å². The van der Waals surface area contributed by atoms with Crippen LogP contribution in [-0.4, -0.2) is 44.2 Å². The molecule has 3 N–H and O–H groups in total. The quantitative estimate of drug-likeness (QED) is 0.641. The van der Waals surface area contributed by atoms with Gasteiger partial charge in [-0.05, 0) is 39.8 Å². The fourth-order valence-electron chi connectivity index (χ4n) is 1.45. The molecular weight excluding hydrogens is 186 g/mol. The predicted octanol–water partition coefficient (Wildman–Crippen LogP) is 1.29. The number of rotatable bonds is 8. The predicted molar refractivity (Wildman–Crippen MR) is 68.1 cm³/mol. The summed E-state index contributed by atoms with van der Waals surface area (Å²) in [7, 11) is 4.19. The van der Waals surface area contributed by atoms with E-state index in [9.17, 15) is 0 Å². The molecular formula is C12H29N3. The zero-order valence-electron chi connectivity index (χ0n) is 11.1. The second-order valence-corrected chi connectivity index (χ2v) is 5.43. The van der Waals surface area contributed by atoms with Crippen LogP contribution in [0.2, 0.25) is 0 Å². The van der Waals surface area contributed by atoms with E-state index in [4.69, 9.17) is 5.73 Å². The molecule has 0 amide bonds. The highest BCUT2D eigenvalue weighted by atomic mass is 15.1. The number of hydrogen-bond donors (Lipinski definition) is 2. The average Bonchev–Trinajstić information content (AvgIpc) is 2.14. The molecule has 0 heterocycles. The van der Waals surface area contributed by atoms with Crippen LogP contribution in [0, 0.1) is 5.92 Å². The molecule has 15 heavy (non-hydrogen) atoms. The van der Waals surface area contributed by atoms with Gasteiger partial charge in [0, 0.05) is 25.2 Å². The maximum absolute atomic E-state index is 5.83. The van der Waals surface area contributed by atoms with Gasteiger partial charge in [0.2, 0.25) is 0 Å². The first-order valence-electron chi connectivity index (χ1n) is 5.99. The smallest absolute Gasteiger partial charge is 0.0276 e. The highest BCUT2D eigenvalue weighted by Crippen LogP contribution is 2.15. The number of hydrogen-bond acceptors (Lipinski definition) is 3. The van der Waals surface area contributed by atoms with E-state index in [2.05, 4.69) is 45.1 Å². The Morgan fingerprint density at radius 3 is 2.33 bits per heavy atom. The van der Waals surface area contributed by atoms with Crippen molar-refractivity contribution in [2.24, 2.45) is 11.7 Å². The molecule has 0 spiro atoms. The van der Waals surface area contributed by atoms with Gasteiger partial charge in [-0.1, -0.05) is 13.8 Å². The Balaban J connectivity index is 3.85. The molecule has 0 aromatic rings. The molecule has 3 nitrogen and oxygen atoms in total. The van der Waals surface area contributed by atoms with Crippen molar-refractivity contribution in [2.75, 3.05) is 33.7 Å². The second kappa shape index (κ2) is 7.20. The zero-order chi connectivity index (χ0) is 11.9. The van der Waals surface area contributed by atoms with Crippen molar-refractivity contribution in [3.63, 3.8) is 0 Å². The highest BCUT2D eigenvalue weighted by molar-refractivity contribution is 4.84. The van der Waals surface area contributed by atoms with Crippen molar-refractivity contribution >= 4 is 0 Å². The van der Waals surface area contributed by atoms with Crippen molar-refractivity contribution in [3.8, 4) is 0 Å². The molecule has 0 aromatic heterocycles. The molecule has 0 aliphatic heterocycles. The average molecular weight is 215 g/mol. The van der Waals surface area contributed by atoms with Crippen LogP contribution in [0.4, 0.5) is 0 Å². The van der Waals surface area contributed by atoms with Gasteiger partial charge in [0.25, 0.3) is 0 Å². The zero-order valence-corrected chi connectivity index (χ0v) is 11.1. The molecule has 0 radical (unpaired) electrons. The van der Waals surface area contributed by atoms with Gasteiger partial charge in [0.15, 0.2) is 0 Å². The summed E-state index contributed by atoms with van der Waals surface area (Å²) < 4.78 is 0. The van der Waals surface area contributed by atoms with Crippen LogP contribution in [0.15, 0.2) is 0 Å². The van der Waals surface area contributed by atoms with Crippen molar-refractivity contribution < 1.29 is 0 Å². The maximum atomic E-state index is 5.83. The number of nitrogens with zero attached hydrogens (tertiary/aromatic N) is 1. The summed E-state index contributed by atoms with van der Waals surface area (Å²) in [6, 6.07) is 0. The minimum Gasteiger partial charge on any atom is -0.329 e. The molecule has 0 aliphatic carbocycles. The summed E-state index contributed by atoms with van der Waals surface area (Å²) in [4.78, 5) is 2.19. The molecule has 1 unspecified atom stereocenters. The van der Waals surface area contributed by atoms with Crippen LogP contribution in [0.3, 0.4) is 0 Å². The van der Waals surface area contributed by atoms with E-state index in [0.29, 0.717) is 6.54 Å². The van der Waals surface area contributed by atoms with E-state index in [1.165, 1.54) is 6.42 Å². The first-order valence-corrected chi connectivity index (χ1v) is 5.99. The molecule has 0 fully saturated rings. The summed E-state index contributed by atoms with van der Waals surface area (Å²) in [6.45, 7) is 9.54. The number of nitrogens with one attached hydrogen (secondary N) is 1. The topological polar surface area (TPSA) is 41.3 Å². The third-order valence-corrected chi connectivity index (χ3v) is 2.83. The highest BCUT2D eigenvalue weighted by Gasteiger charge is 2.21. The molecule has 0 saturated carbocycles. The van der Waals surface area contributed by atoms with Crippen molar-refractivity contribution in [1.29, 1.82) is 0 Å². The Morgan fingerprint density at radius 1 is 1.33 bits per heavy atom. The monoisotopic (exact) mass is 215 g/mol. The fraction of sp³-hybridized carbons (Fsp3) is 1.00. The molecule has 0 aliphatic rings. The standard InChI is InChI=1S/C12H29N3/c1-11(2)6-7-12(3,10-13)14-8-9-15(4)5/h11,14H,6-10,13H2,1-5H3. The molecule has 0 bridgehead atoms. The lowest BCUT2D eigenvalue weighted by Gasteiger charge is -2.31. The molecule has 0 aromatic carbocycles. The Hall–Kier alpha value is -0.120. The lowest BCUT2D eigenvalue weighted by atomic mass is 9.92. The lowest BCUT2D eigenvalue weighted by molar-refractivity contribution is 0.293. The third-order valence-electron chi connectivity index (χ3n) is 2.83. The van der Waals surface area contributed by atoms with Crippen LogP contribution in [0.25, 0.3) is 0 Å². The first kappa shape index (κ1) is 14.9. The molecule has 0 rings (SSSR count). The van der Waals surface area contributed by atoms with Crippen molar-refractivity contribution in [1.82, 2.24) is 10.2 Å². The van der Waals surface area contributed by atoms with Gasteiger partial charge in [-0.15, -0.1) is 0 Å². The lowest BCUT2D eigenvalue weighted by Crippen LogP contribution is -2.50. The van der Waals surface area contributed by atoms with Gasteiger partial charge in [0.1, 0.15) is 0 Å². The Kier molecular flexibility index (Phi) is 7.14. The van der Waals surface area contributed by atoms with Crippen LogP contribution in [0.1, 0.15) is 33.6 Å². The van der Waals surface area contributed by atoms with E-state index in [0.717, 1.165) is 25.4 Å². The third kappa shape index (κ3) is 7.77. The van der Waals surface area contributed by atoms with E-state index in [1.807, 2.05) is 0 Å². The van der Waals surface area contributed by atoms with Gasteiger partial charge in [-0.25, -0.2) is 0 Å². The van der Waals surface area contributed by atoms with Gasteiger partial charge in [-0.2, -0.15) is 0 Å². The maximum Gasteiger partial charge on any atom is 0.0276 e. The normalized spacial score (nSPS) is 16.0. The summed E-state index contributed by atoms with van der Waals surface area (Å²) in [6.07, 6.45) is 2.40. The van der Waals surface area contributed by atoms with E-state index in [-0.39, 0.29) is 5.54 Å². The van der Waals surface area contributed by atoms with Gasteiger partial charge >= 0.3 is 0 Å². The number of likely N-dealkylation sites (N-methyl/N-ethyl adjacent to an activating group) is 1. The summed E-state index contributed by atoms with van der Waals surface area (Å²) in [5.74, 6) is 0.756. The van der Waals surface area contributed by atoms with Crippen molar-refractivity contribution in [2.45, 2.75) is 39.2 Å². The molecule has 3 heteroatoms.